The summed E-state index contributed by atoms with van der Waals surface area (Å²) in [6, 6.07) is 0. The Morgan fingerprint density at radius 1 is 1.42 bits per heavy atom. The van der Waals surface area contributed by atoms with Gasteiger partial charge in [-0.15, -0.1) is 0 Å². The van der Waals surface area contributed by atoms with Crippen molar-refractivity contribution in [1.82, 2.24) is 0 Å². The summed E-state index contributed by atoms with van der Waals surface area (Å²) in [4.78, 5) is 9.99. The third kappa shape index (κ3) is 1.44. The topological polar surface area (TPSA) is 92.6 Å². The van der Waals surface area contributed by atoms with Gasteiger partial charge in [0.1, 0.15) is 0 Å². The SMILES string of the molecule is CC(C)CC1([N+](=O)[O-])N=NN=N1. The van der Waals surface area contributed by atoms with E-state index in [2.05, 4.69) is 20.7 Å². The lowest BCUT2D eigenvalue weighted by Crippen LogP contribution is -2.33. The zero-order valence-corrected chi connectivity index (χ0v) is 6.84. The van der Waals surface area contributed by atoms with Crippen molar-refractivity contribution in [2.45, 2.75) is 26.1 Å². The van der Waals surface area contributed by atoms with Crippen LogP contribution in [-0.2, 0) is 0 Å². The highest BCUT2D eigenvalue weighted by Gasteiger charge is 2.47. The van der Waals surface area contributed by atoms with Crippen LogP contribution in [0.5, 0.6) is 0 Å². The van der Waals surface area contributed by atoms with E-state index in [1.165, 1.54) is 0 Å². The molecule has 0 aromatic heterocycles. The molecule has 0 spiro atoms. The van der Waals surface area contributed by atoms with Gasteiger partial charge in [-0.05, 0) is 16.4 Å². The van der Waals surface area contributed by atoms with Crippen molar-refractivity contribution in [2.75, 3.05) is 0 Å². The largest absolute Gasteiger partial charge is 0.448 e. The summed E-state index contributed by atoms with van der Waals surface area (Å²) >= 11 is 0. The maximum Gasteiger partial charge on any atom is 0.448 e. The third-order valence-corrected chi connectivity index (χ3v) is 1.42. The molecule has 0 N–H and O–H groups in total. The summed E-state index contributed by atoms with van der Waals surface area (Å²) in [5, 5.41) is 23.7. The van der Waals surface area contributed by atoms with Crippen molar-refractivity contribution in [3.05, 3.63) is 10.1 Å². The van der Waals surface area contributed by atoms with Gasteiger partial charge in [0.05, 0.1) is 11.3 Å². The Labute approximate surface area is 68.7 Å². The lowest BCUT2D eigenvalue weighted by atomic mass is 10.1. The van der Waals surface area contributed by atoms with Crippen molar-refractivity contribution in [3.63, 3.8) is 0 Å². The molecular weight excluding hydrogens is 162 g/mol. The zero-order chi connectivity index (χ0) is 9.19. The van der Waals surface area contributed by atoms with Crippen LogP contribution in [0.15, 0.2) is 20.7 Å². The summed E-state index contributed by atoms with van der Waals surface area (Å²) in [7, 11) is 0. The number of rotatable bonds is 3. The molecule has 0 saturated heterocycles. The molecule has 0 bridgehead atoms. The van der Waals surface area contributed by atoms with Crippen LogP contribution in [0.25, 0.3) is 0 Å². The van der Waals surface area contributed by atoms with E-state index in [-0.39, 0.29) is 12.3 Å². The first-order chi connectivity index (χ1) is 5.57. The molecular formula is C5H9N5O2. The molecule has 66 valence electrons. The first-order valence-electron chi connectivity index (χ1n) is 3.55. The van der Waals surface area contributed by atoms with E-state index in [0.29, 0.717) is 0 Å². The van der Waals surface area contributed by atoms with E-state index in [1.54, 1.807) is 0 Å². The number of nitro groups is 1. The van der Waals surface area contributed by atoms with Gasteiger partial charge in [0, 0.05) is 0 Å². The molecule has 0 fully saturated rings. The van der Waals surface area contributed by atoms with Gasteiger partial charge in [-0.1, -0.05) is 24.1 Å². The second kappa shape index (κ2) is 2.92. The van der Waals surface area contributed by atoms with Gasteiger partial charge in [0.25, 0.3) is 0 Å². The molecule has 1 aliphatic rings. The summed E-state index contributed by atoms with van der Waals surface area (Å²) in [6.07, 6.45) is 0.229. The molecule has 0 saturated carbocycles. The quantitative estimate of drug-likeness (QED) is 0.478. The number of hydrogen-bond donors (Lipinski definition) is 0. The Bertz CT molecular complexity index is 234. The molecule has 0 radical (unpaired) electrons. The van der Waals surface area contributed by atoms with Gasteiger partial charge in [-0.25, -0.2) is 0 Å². The molecule has 1 heterocycles. The maximum absolute atomic E-state index is 10.6. The fourth-order valence-corrected chi connectivity index (χ4v) is 0.980. The molecule has 7 heteroatoms. The van der Waals surface area contributed by atoms with Gasteiger partial charge in [0.2, 0.25) is 0 Å². The highest BCUT2D eigenvalue weighted by Crippen LogP contribution is 2.28. The Morgan fingerprint density at radius 2 is 1.92 bits per heavy atom. The summed E-state index contributed by atoms with van der Waals surface area (Å²) < 4.78 is 0. The van der Waals surface area contributed by atoms with Crippen LogP contribution in [0.1, 0.15) is 20.3 Å². The molecule has 0 unspecified atom stereocenters. The number of hydrogen-bond acceptors (Lipinski definition) is 6. The van der Waals surface area contributed by atoms with Crippen molar-refractivity contribution in [3.8, 4) is 0 Å². The lowest BCUT2D eigenvalue weighted by Gasteiger charge is -2.11. The van der Waals surface area contributed by atoms with E-state index in [4.69, 9.17) is 0 Å². The Morgan fingerprint density at radius 3 is 2.25 bits per heavy atom. The van der Waals surface area contributed by atoms with Crippen molar-refractivity contribution >= 4 is 0 Å². The smallest absolute Gasteiger partial charge is 0.260 e. The molecule has 0 atom stereocenters. The Balaban J connectivity index is 2.81. The van der Waals surface area contributed by atoms with Crippen LogP contribution in [0.4, 0.5) is 0 Å². The zero-order valence-electron chi connectivity index (χ0n) is 6.84. The molecule has 1 rings (SSSR count). The van der Waals surface area contributed by atoms with Gasteiger partial charge in [-0.2, -0.15) is 0 Å². The van der Waals surface area contributed by atoms with E-state index < -0.39 is 10.7 Å². The standard InChI is InChI=1S/C5H9N5O2/c1-4(2)3-5(10(11)12)6-8-9-7-5/h4H,3H2,1-2H3. The highest BCUT2D eigenvalue weighted by molar-refractivity contribution is 4.74. The summed E-state index contributed by atoms with van der Waals surface area (Å²) in [6.45, 7) is 3.71. The minimum absolute atomic E-state index is 0.131. The van der Waals surface area contributed by atoms with Crippen LogP contribution in [-0.4, -0.2) is 10.7 Å². The molecule has 0 aliphatic carbocycles. The van der Waals surface area contributed by atoms with E-state index in [0.717, 1.165) is 0 Å². The molecule has 1 aliphatic heterocycles. The van der Waals surface area contributed by atoms with Crippen molar-refractivity contribution in [1.29, 1.82) is 0 Å². The first kappa shape index (κ1) is 8.69. The van der Waals surface area contributed by atoms with E-state index in [1.807, 2.05) is 13.8 Å². The van der Waals surface area contributed by atoms with Gasteiger partial charge < -0.3 is 0 Å². The van der Waals surface area contributed by atoms with Gasteiger partial charge in [0.15, 0.2) is 0 Å². The van der Waals surface area contributed by atoms with Crippen LogP contribution < -0.4 is 0 Å². The molecule has 0 aromatic rings. The van der Waals surface area contributed by atoms with E-state index in [9.17, 15) is 10.1 Å². The molecule has 0 amide bonds. The van der Waals surface area contributed by atoms with Crippen LogP contribution in [0, 0.1) is 16.0 Å². The summed E-state index contributed by atoms with van der Waals surface area (Å²) in [5.41, 5.74) is 0. The van der Waals surface area contributed by atoms with Crippen LogP contribution in [0.2, 0.25) is 0 Å². The average Bonchev–Trinajstić information content (AvgIpc) is 2.35. The lowest BCUT2D eigenvalue weighted by molar-refractivity contribution is -0.569. The fraction of sp³-hybridized carbons (Fsp3) is 1.00. The summed E-state index contributed by atoms with van der Waals surface area (Å²) in [5.74, 6) is -1.51. The number of nitrogens with zero attached hydrogens (tertiary/aromatic N) is 5. The molecule has 12 heavy (non-hydrogen) atoms. The van der Waals surface area contributed by atoms with Crippen molar-refractivity contribution < 1.29 is 4.92 Å². The van der Waals surface area contributed by atoms with Crippen LogP contribution >= 0.6 is 0 Å². The van der Waals surface area contributed by atoms with Gasteiger partial charge in [-0.3, -0.25) is 10.1 Å². The average molecular weight is 171 g/mol. The Hall–Kier alpha value is -1.40. The van der Waals surface area contributed by atoms with Gasteiger partial charge >= 0.3 is 5.79 Å². The molecule has 7 nitrogen and oxygen atoms in total. The second-order valence-electron chi connectivity index (χ2n) is 3.01. The van der Waals surface area contributed by atoms with Crippen LogP contribution in [0.3, 0.4) is 0 Å². The highest BCUT2D eigenvalue weighted by atomic mass is 16.6. The van der Waals surface area contributed by atoms with E-state index >= 15 is 0 Å². The predicted molar refractivity (Wildman–Crippen MR) is 38.9 cm³/mol. The molecule has 0 aromatic carbocycles. The fourth-order valence-electron chi connectivity index (χ4n) is 0.980. The maximum atomic E-state index is 10.6. The predicted octanol–water partition coefficient (Wildman–Crippen LogP) is 1.80. The van der Waals surface area contributed by atoms with Crippen molar-refractivity contribution in [2.24, 2.45) is 26.6 Å². The monoisotopic (exact) mass is 171 g/mol. The third-order valence-electron chi connectivity index (χ3n) is 1.42. The first-order valence-corrected chi connectivity index (χ1v) is 3.55. The normalized spacial score (nSPS) is 18.9. The minimum atomic E-state index is -1.64. The minimum Gasteiger partial charge on any atom is -0.260 e. The second-order valence-corrected chi connectivity index (χ2v) is 3.01. The Kier molecular flexibility index (Phi) is 2.11.